The van der Waals surface area contributed by atoms with Crippen molar-refractivity contribution in [3.8, 4) is 17.2 Å². The Morgan fingerprint density at radius 1 is 1.04 bits per heavy atom. The minimum absolute atomic E-state index is 0.0133. The Morgan fingerprint density at radius 3 is 2.00 bits per heavy atom. The third-order valence-corrected chi connectivity index (χ3v) is 4.18. The van der Waals surface area contributed by atoms with Crippen LogP contribution in [0.5, 0.6) is 17.2 Å². The van der Waals surface area contributed by atoms with Crippen molar-refractivity contribution in [3.05, 3.63) is 52.1 Å². The lowest BCUT2D eigenvalue weighted by Gasteiger charge is -2.16. The third-order valence-electron chi connectivity index (χ3n) is 4.18. The van der Waals surface area contributed by atoms with Crippen LogP contribution in [0.3, 0.4) is 0 Å². The first kappa shape index (κ1) is 18.0. The van der Waals surface area contributed by atoms with E-state index in [-0.39, 0.29) is 5.78 Å². The Bertz CT molecular complexity index is 734. The number of benzene rings is 2. The molecule has 0 aliphatic carbocycles. The summed E-state index contributed by atoms with van der Waals surface area (Å²) in [4.78, 5) is 11.3. The van der Waals surface area contributed by atoms with E-state index in [2.05, 4.69) is 0 Å². The predicted octanol–water partition coefficient (Wildman–Crippen LogP) is 3.88. The predicted molar refractivity (Wildman–Crippen MR) is 95.9 cm³/mol. The van der Waals surface area contributed by atoms with Crippen LogP contribution in [0, 0.1) is 27.7 Å². The molecule has 0 saturated carbocycles. The monoisotopic (exact) mass is 327 g/mol. The van der Waals surface area contributed by atoms with Crippen LogP contribution >= 0.6 is 0 Å². The second-order valence-electron chi connectivity index (χ2n) is 6.49. The summed E-state index contributed by atoms with van der Waals surface area (Å²) in [5, 5.41) is 9.88. The van der Waals surface area contributed by atoms with Crippen molar-refractivity contribution in [1.82, 2.24) is 0 Å². The van der Waals surface area contributed by atoms with Gasteiger partial charge in [-0.25, -0.2) is 0 Å². The summed E-state index contributed by atoms with van der Waals surface area (Å²) in [5.41, 5.74) is 10.4. The number of phenols is 1. The molecule has 4 heteroatoms. The van der Waals surface area contributed by atoms with Crippen LogP contribution < -0.4 is 10.5 Å². The Kier molecular flexibility index (Phi) is 5.30. The molecule has 0 bridgehead atoms. The first-order valence-corrected chi connectivity index (χ1v) is 8.03. The van der Waals surface area contributed by atoms with Gasteiger partial charge in [-0.15, -0.1) is 0 Å². The molecule has 0 spiro atoms. The van der Waals surface area contributed by atoms with E-state index in [4.69, 9.17) is 10.5 Å². The molecule has 0 aliphatic rings. The zero-order valence-electron chi connectivity index (χ0n) is 14.9. The number of carbonyl (C=O) groups is 1. The van der Waals surface area contributed by atoms with Gasteiger partial charge in [-0.1, -0.05) is 12.1 Å². The Hall–Kier alpha value is -2.33. The fourth-order valence-electron chi connectivity index (χ4n) is 2.81. The maximum atomic E-state index is 11.3. The first-order valence-electron chi connectivity index (χ1n) is 8.03. The van der Waals surface area contributed by atoms with Gasteiger partial charge in [-0.3, -0.25) is 4.79 Å². The molecule has 3 N–H and O–H groups in total. The topological polar surface area (TPSA) is 72.6 Å². The van der Waals surface area contributed by atoms with Gasteiger partial charge in [0, 0.05) is 0 Å². The maximum Gasteiger partial charge on any atom is 0.146 e. The Balaban J connectivity index is 2.30. The zero-order chi connectivity index (χ0) is 18.0. The molecule has 0 amide bonds. The number of carbonyl (C=O) groups excluding carboxylic acids is 1. The smallest absolute Gasteiger partial charge is 0.146 e. The number of hydrogen-bond acceptors (Lipinski definition) is 4. The second kappa shape index (κ2) is 7.05. The van der Waals surface area contributed by atoms with E-state index in [0.717, 1.165) is 33.6 Å². The standard InChI is InChI=1S/C20H25NO3/c1-11-8-17(9-12(2)19(11)23)24-20-13(3)6-16(7-14(20)4)10-18(21)15(5)22/h6-9,18,23H,10,21H2,1-5H3/t18-/m0/s1. The van der Waals surface area contributed by atoms with Crippen LogP contribution in [0.15, 0.2) is 24.3 Å². The van der Waals surface area contributed by atoms with Gasteiger partial charge in [0.2, 0.25) is 0 Å². The van der Waals surface area contributed by atoms with Gasteiger partial charge >= 0.3 is 0 Å². The maximum absolute atomic E-state index is 11.3. The zero-order valence-corrected chi connectivity index (χ0v) is 14.9. The van der Waals surface area contributed by atoms with Gasteiger partial charge in [0.05, 0.1) is 6.04 Å². The van der Waals surface area contributed by atoms with E-state index in [9.17, 15) is 9.90 Å². The summed E-state index contributed by atoms with van der Waals surface area (Å²) in [6, 6.07) is 7.18. The fraction of sp³-hybridized carbons (Fsp3) is 0.350. The van der Waals surface area contributed by atoms with Crippen molar-refractivity contribution in [2.75, 3.05) is 0 Å². The van der Waals surface area contributed by atoms with Crippen molar-refractivity contribution in [3.63, 3.8) is 0 Å². The van der Waals surface area contributed by atoms with Gasteiger partial charge < -0.3 is 15.6 Å². The molecule has 24 heavy (non-hydrogen) atoms. The minimum atomic E-state index is -0.474. The van der Waals surface area contributed by atoms with Crippen molar-refractivity contribution in [1.29, 1.82) is 0 Å². The molecule has 1 atom stereocenters. The number of ketones is 1. The van der Waals surface area contributed by atoms with E-state index < -0.39 is 6.04 Å². The highest BCUT2D eigenvalue weighted by molar-refractivity contribution is 5.81. The summed E-state index contributed by atoms with van der Waals surface area (Å²) in [7, 11) is 0. The molecule has 2 rings (SSSR count). The number of aryl methyl sites for hydroxylation is 4. The molecule has 0 fully saturated rings. The summed E-state index contributed by atoms with van der Waals surface area (Å²) in [6.07, 6.45) is 0.523. The molecule has 4 nitrogen and oxygen atoms in total. The van der Waals surface area contributed by atoms with Crippen LogP contribution in [0.2, 0.25) is 0 Å². The van der Waals surface area contributed by atoms with Crippen LogP contribution in [0.25, 0.3) is 0 Å². The molecular weight excluding hydrogens is 302 g/mol. The quantitative estimate of drug-likeness (QED) is 0.874. The summed E-state index contributed by atoms with van der Waals surface area (Å²) < 4.78 is 6.05. The number of nitrogens with two attached hydrogens (primary N) is 1. The van der Waals surface area contributed by atoms with Gasteiger partial charge in [0.25, 0.3) is 0 Å². The normalized spacial score (nSPS) is 12.1. The van der Waals surface area contributed by atoms with Crippen LogP contribution in [-0.2, 0) is 11.2 Å². The second-order valence-corrected chi connectivity index (χ2v) is 6.49. The first-order chi connectivity index (χ1) is 11.2. The van der Waals surface area contributed by atoms with Crippen molar-refractivity contribution < 1.29 is 14.6 Å². The molecule has 0 radical (unpaired) electrons. The van der Waals surface area contributed by atoms with E-state index >= 15 is 0 Å². The number of aromatic hydroxyl groups is 1. The number of hydrogen-bond donors (Lipinski definition) is 2. The van der Waals surface area contributed by atoms with E-state index in [1.165, 1.54) is 6.92 Å². The number of ether oxygens (including phenoxy) is 1. The lowest BCUT2D eigenvalue weighted by molar-refractivity contribution is -0.118. The lowest BCUT2D eigenvalue weighted by Crippen LogP contribution is -2.30. The van der Waals surface area contributed by atoms with E-state index in [1.807, 2.05) is 52.0 Å². The van der Waals surface area contributed by atoms with Crippen LogP contribution in [0.4, 0.5) is 0 Å². The number of Topliss-reactive ketones (excluding diaryl/α,β-unsaturated/α-hetero) is 1. The SMILES string of the molecule is CC(=O)[C@@H](N)Cc1cc(C)c(Oc2cc(C)c(O)c(C)c2)c(C)c1. The fourth-order valence-corrected chi connectivity index (χ4v) is 2.81. The average molecular weight is 327 g/mol. The van der Waals surface area contributed by atoms with E-state index in [0.29, 0.717) is 17.9 Å². The highest BCUT2D eigenvalue weighted by atomic mass is 16.5. The highest BCUT2D eigenvalue weighted by Crippen LogP contribution is 2.33. The third kappa shape index (κ3) is 3.95. The number of rotatable bonds is 5. The van der Waals surface area contributed by atoms with Gasteiger partial charge in [-0.05, 0) is 81.0 Å². The molecular formula is C20H25NO3. The molecule has 128 valence electrons. The number of phenolic OH excluding ortho intramolecular Hbond substituents is 1. The van der Waals surface area contributed by atoms with Gasteiger partial charge in [-0.2, -0.15) is 0 Å². The molecule has 0 unspecified atom stereocenters. The molecule has 0 saturated heterocycles. The Labute approximate surface area is 143 Å². The molecule has 0 heterocycles. The van der Waals surface area contributed by atoms with E-state index in [1.54, 1.807) is 0 Å². The van der Waals surface area contributed by atoms with Crippen molar-refractivity contribution in [2.45, 2.75) is 47.1 Å². The van der Waals surface area contributed by atoms with Gasteiger partial charge in [0.15, 0.2) is 0 Å². The average Bonchev–Trinajstić information content (AvgIpc) is 2.48. The molecule has 0 aliphatic heterocycles. The van der Waals surface area contributed by atoms with Crippen molar-refractivity contribution in [2.24, 2.45) is 5.73 Å². The highest BCUT2D eigenvalue weighted by Gasteiger charge is 2.13. The summed E-state index contributed by atoms with van der Waals surface area (Å²) >= 11 is 0. The summed E-state index contributed by atoms with van der Waals surface area (Å²) in [6.45, 7) is 9.16. The molecule has 2 aromatic carbocycles. The largest absolute Gasteiger partial charge is 0.507 e. The summed E-state index contributed by atoms with van der Waals surface area (Å²) in [5.74, 6) is 1.77. The molecule has 2 aromatic rings. The Morgan fingerprint density at radius 2 is 1.54 bits per heavy atom. The lowest BCUT2D eigenvalue weighted by atomic mass is 9.99. The minimum Gasteiger partial charge on any atom is -0.507 e. The van der Waals surface area contributed by atoms with Crippen LogP contribution in [-0.4, -0.2) is 16.9 Å². The van der Waals surface area contributed by atoms with Crippen molar-refractivity contribution >= 4 is 5.78 Å². The van der Waals surface area contributed by atoms with Crippen LogP contribution in [0.1, 0.15) is 34.7 Å². The van der Waals surface area contributed by atoms with Gasteiger partial charge in [0.1, 0.15) is 23.0 Å². The molecule has 0 aromatic heterocycles.